The van der Waals surface area contributed by atoms with Crippen LogP contribution in [0.1, 0.15) is 41.0 Å². The largest absolute Gasteiger partial charge is 0.366 e. The van der Waals surface area contributed by atoms with Gasteiger partial charge in [-0.1, -0.05) is 19.9 Å². The Kier molecular flexibility index (Phi) is 5.70. The van der Waals surface area contributed by atoms with E-state index in [1.807, 2.05) is 0 Å². The molecule has 0 aromatic heterocycles. The van der Waals surface area contributed by atoms with Crippen molar-refractivity contribution in [2.24, 2.45) is 17.4 Å². The van der Waals surface area contributed by atoms with Crippen LogP contribution >= 0.6 is 0 Å². The van der Waals surface area contributed by atoms with Crippen molar-refractivity contribution in [2.45, 2.75) is 26.3 Å². The minimum absolute atomic E-state index is 0.0715. The standard InChI is InChI=1S/C15H23N3O2/c1-10(2)13(16)7-8-18(3)15(20)12-6-4-5-11(9-12)14(17)19/h4-6,9-10,13H,7-8,16H2,1-3H3,(H2,17,19). The molecule has 1 unspecified atom stereocenters. The molecule has 0 aliphatic carbocycles. The van der Waals surface area contributed by atoms with Crippen LogP contribution in [0.25, 0.3) is 0 Å². The van der Waals surface area contributed by atoms with Gasteiger partial charge in [-0.25, -0.2) is 0 Å². The number of carbonyl (C=O) groups is 2. The van der Waals surface area contributed by atoms with Gasteiger partial charge in [-0.15, -0.1) is 0 Å². The minimum atomic E-state index is -0.538. The molecule has 0 radical (unpaired) electrons. The second-order valence-electron chi connectivity index (χ2n) is 5.37. The summed E-state index contributed by atoms with van der Waals surface area (Å²) >= 11 is 0. The van der Waals surface area contributed by atoms with Crippen LogP contribution in [0.3, 0.4) is 0 Å². The number of amides is 2. The van der Waals surface area contributed by atoms with E-state index >= 15 is 0 Å². The van der Waals surface area contributed by atoms with Gasteiger partial charge in [-0.05, 0) is 30.5 Å². The second-order valence-corrected chi connectivity index (χ2v) is 5.37. The fraction of sp³-hybridized carbons (Fsp3) is 0.467. The van der Waals surface area contributed by atoms with Gasteiger partial charge in [-0.3, -0.25) is 9.59 Å². The summed E-state index contributed by atoms with van der Waals surface area (Å²) in [5.74, 6) is -0.287. The first-order chi connectivity index (χ1) is 9.32. The highest BCUT2D eigenvalue weighted by Crippen LogP contribution is 2.09. The summed E-state index contributed by atoms with van der Waals surface area (Å²) in [6.45, 7) is 4.70. The lowest BCUT2D eigenvalue weighted by Gasteiger charge is -2.21. The molecule has 0 aliphatic rings. The van der Waals surface area contributed by atoms with Crippen molar-refractivity contribution in [1.29, 1.82) is 0 Å². The molecular formula is C15H23N3O2. The van der Waals surface area contributed by atoms with Crippen molar-refractivity contribution < 1.29 is 9.59 Å². The van der Waals surface area contributed by atoms with Crippen molar-refractivity contribution >= 4 is 11.8 Å². The Morgan fingerprint density at radius 2 is 1.85 bits per heavy atom. The molecule has 1 aromatic carbocycles. The molecule has 0 spiro atoms. The molecule has 0 bridgehead atoms. The summed E-state index contributed by atoms with van der Waals surface area (Å²) in [6.07, 6.45) is 0.745. The summed E-state index contributed by atoms with van der Waals surface area (Å²) in [5, 5.41) is 0. The van der Waals surface area contributed by atoms with E-state index in [9.17, 15) is 9.59 Å². The maximum Gasteiger partial charge on any atom is 0.253 e. The Labute approximate surface area is 119 Å². The summed E-state index contributed by atoms with van der Waals surface area (Å²) in [5.41, 5.74) is 12.0. The van der Waals surface area contributed by atoms with E-state index in [0.29, 0.717) is 23.6 Å². The Morgan fingerprint density at radius 1 is 1.25 bits per heavy atom. The predicted octanol–water partition coefficient (Wildman–Crippen LogP) is 1.23. The molecule has 1 aromatic rings. The zero-order valence-corrected chi connectivity index (χ0v) is 12.3. The third-order valence-corrected chi connectivity index (χ3v) is 3.39. The number of hydrogen-bond donors (Lipinski definition) is 2. The molecule has 0 aliphatic heterocycles. The van der Waals surface area contributed by atoms with E-state index < -0.39 is 5.91 Å². The van der Waals surface area contributed by atoms with E-state index in [0.717, 1.165) is 6.42 Å². The van der Waals surface area contributed by atoms with Gasteiger partial charge in [0.05, 0.1) is 0 Å². The summed E-state index contributed by atoms with van der Waals surface area (Å²) in [6, 6.07) is 6.51. The first-order valence-corrected chi connectivity index (χ1v) is 6.73. The first kappa shape index (κ1) is 16.2. The third-order valence-electron chi connectivity index (χ3n) is 3.39. The third kappa shape index (κ3) is 4.35. The van der Waals surface area contributed by atoms with Crippen molar-refractivity contribution in [2.75, 3.05) is 13.6 Å². The van der Waals surface area contributed by atoms with Crippen LogP contribution in [-0.2, 0) is 0 Å². The average molecular weight is 277 g/mol. The number of carbonyl (C=O) groups excluding carboxylic acids is 2. The number of nitrogens with two attached hydrogens (primary N) is 2. The highest BCUT2D eigenvalue weighted by Gasteiger charge is 2.15. The number of nitrogens with zero attached hydrogens (tertiary/aromatic N) is 1. The Hall–Kier alpha value is -1.88. The van der Waals surface area contributed by atoms with Gasteiger partial charge < -0.3 is 16.4 Å². The van der Waals surface area contributed by atoms with Crippen LogP contribution in [0.2, 0.25) is 0 Å². The molecule has 2 amide bonds. The SMILES string of the molecule is CC(C)C(N)CCN(C)C(=O)c1cccc(C(N)=O)c1. The molecule has 110 valence electrons. The van der Waals surface area contributed by atoms with Crippen molar-refractivity contribution in [3.63, 3.8) is 0 Å². The van der Waals surface area contributed by atoms with Crippen LogP contribution in [0.15, 0.2) is 24.3 Å². The van der Waals surface area contributed by atoms with Crippen LogP contribution in [0.5, 0.6) is 0 Å². The highest BCUT2D eigenvalue weighted by atomic mass is 16.2. The quantitative estimate of drug-likeness (QED) is 0.819. The van der Waals surface area contributed by atoms with Crippen LogP contribution in [-0.4, -0.2) is 36.3 Å². The number of rotatable bonds is 6. The molecule has 4 N–H and O–H groups in total. The lowest BCUT2D eigenvalue weighted by Crippen LogP contribution is -2.34. The molecular weight excluding hydrogens is 254 g/mol. The maximum atomic E-state index is 12.2. The Morgan fingerprint density at radius 3 is 2.40 bits per heavy atom. The average Bonchev–Trinajstić information content (AvgIpc) is 2.43. The fourth-order valence-corrected chi connectivity index (χ4v) is 1.80. The van der Waals surface area contributed by atoms with E-state index in [1.165, 1.54) is 6.07 Å². The zero-order chi connectivity index (χ0) is 15.3. The van der Waals surface area contributed by atoms with E-state index in [4.69, 9.17) is 11.5 Å². The van der Waals surface area contributed by atoms with Crippen molar-refractivity contribution in [1.82, 2.24) is 4.90 Å². The number of hydrogen-bond acceptors (Lipinski definition) is 3. The van der Waals surface area contributed by atoms with Gasteiger partial charge in [0.15, 0.2) is 0 Å². The predicted molar refractivity (Wildman–Crippen MR) is 79.4 cm³/mol. The van der Waals surface area contributed by atoms with Gasteiger partial charge in [-0.2, -0.15) is 0 Å². The molecule has 1 rings (SSSR count). The number of primary amides is 1. The van der Waals surface area contributed by atoms with E-state index in [2.05, 4.69) is 13.8 Å². The molecule has 0 saturated carbocycles. The zero-order valence-electron chi connectivity index (χ0n) is 12.3. The van der Waals surface area contributed by atoms with Gasteiger partial charge in [0, 0.05) is 30.8 Å². The van der Waals surface area contributed by atoms with Gasteiger partial charge in [0.1, 0.15) is 0 Å². The molecule has 0 saturated heterocycles. The van der Waals surface area contributed by atoms with Gasteiger partial charge in [0.25, 0.3) is 5.91 Å². The number of benzene rings is 1. The minimum Gasteiger partial charge on any atom is -0.366 e. The molecule has 0 fully saturated rings. The summed E-state index contributed by atoms with van der Waals surface area (Å²) in [4.78, 5) is 25.0. The van der Waals surface area contributed by atoms with E-state index in [-0.39, 0.29) is 11.9 Å². The van der Waals surface area contributed by atoms with Gasteiger partial charge in [0.2, 0.25) is 5.91 Å². The Bertz CT molecular complexity index is 486. The lowest BCUT2D eigenvalue weighted by atomic mass is 10.0. The van der Waals surface area contributed by atoms with E-state index in [1.54, 1.807) is 30.1 Å². The smallest absolute Gasteiger partial charge is 0.253 e. The molecule has 5 nitrogen and oxygen atoms in total. The summed E-state index contributed by atoms with van der Waals surface area (Å²) in [7, 11) is 1.73. The molecule has 20 heavy (non-hydrogen) atoms. The molecule has 5 heteroatoms. The first-order valence-electron chi connectivity index (χ1n) is 6.73. The van der Waals surface area contributed by atoms with Gasteiger partial charge >= 0.3 is 0 Å². The van der Waals surface area contributed by atoms with Crippen LogP contribution in [0, 0.1) is 5.92 Å². The monoisotopic (exact) mass is 277 g/mol. The highest BCUT2D eigenvalue weighted by molar-refractivity contribution is 5.98. The molecule has 0 heterocycles. The normalized spacial score (nSPS) is 12.2. The fourth-order valence-electron chi connectivity index (χ4n) is 1.80. The second kappa shape index (κ2) is 7.05. The molecule has 1 atom stereocenters. The Balaban J connectivity index is 2.69. The lowest BCUT2D eigenvalue weighted by molar-refractivity contribution is 0.0789. The maximum absolute atomic E-state index is 12.2. The van der Waals surface area contributed by atoms with Crippen LogP contribution in [0.4, 0.5) is 0 Å². The van der Waals surface area contributed by atoms with Crippen LogP contribution < -0.4 is 11.5 Å². The van der Waals surface area contributed by atoms with Crippen molar-refractivity contribution in [3.8, 4) is 0 Å². The topological polar surface area (TPSA) is 89.4 Å². The summed E-state index contributed by atoms with van der Waals surface area (Å²) < 4.78 is 0. The van der Waals surface area contributed by atoms with Crippen molar-refractivity contribution in [3.05, 3.63) is 35.4 Å².